The van der Waals surface area contributed by atoms with Crippen LogP contribution in [0.15, 0.2) is 29.2 Å². The van der Waals surface area contributed by atoms with Crippen LogP contribution in [0, 0.1) is 5.92 Å². The molecule has 2 unspecified atom stereocenters. The van der Waals surface area contributed by atoms with Crippen LogP contribution in [0.5, 0.6) is 0 Å². The summed E-state index contributed by atoms with van der Waals surface area (Å²) in [5.41, 5.74) is 1.47. The zero-order valence-corrected chi connectivity index (χ0v) is 25.3. The van der Waals surface area contributed by atoms with Gasteiger partial charge in [-0.3, -0.25) is 0 Å². The van der Waals surface area contributed by atoms with Crippen molar-refractivity contribution in [3.63, 3.8) is 0 Å². The number of hydrogen-bond acceptors (Lipinski definition) is 2. The van der Waals surface area contributed by atoms with Crippen molar-refractivity contribution >= 4 is 20.1 Å². The highest BCUT2D eigenvalue weighted by atomic mass is 32.3. The zero-order valence-electron chi connectivity index (χ0n) is 23.7. The lowest BCUT2D eigenvalue weighted by molar-refractivity contribution is 0.119. The van der Waals surface area contributed by atoms with Gasteiger partial charge in [0.25, 0.3) is 0 Å². The highest BCUT2D eigenvalue weighted by molar-refractivity contribution is 8.33. The van der Waals surface area contributed by atoms with Crippen LogP contribution in [0.1, 0.15) is 72.8 Å². The second kappa shape index (κ2) is 15.1. The van der Waals surface area contributed by atoms with Crippen LogP contribution in [-0.4, -0.2) is 67.1 Å². The van der Waals surface area contributed by atoms with E-state index in [1.807, 2.05) is 0 Å². The van der Waals surface area contributed by atoms with Crippen LogP contribution in [-0.2, 0) is 11.2 Å². The standard InChI is InChI=1S/C29H57NOS2/c1-24(2)30-18-13-21-32(7,8)27(6)22-26(5)17-20-31-19-12-15-28-14-11-16-29(23-28)33(9,10)25(3)4/h11,14,16,23-27,30H,12-13,15,17-22H2,1-10H3. The molecule has 0 radical (unpaired) electrons. The third-order valence-electron chi connectivity index (χ3n) is 7.42. The minimum absolute atomic E-state index is 0.522. The molecule has 0 amide bonds. The van der Waals surface area contributed by atoms with Crippen LogP contribution >= 0.6 is 20.1 Å². The fourth-order valence-corrected chi connectivity index (χ4v) is 7.62. The first-order chi connectivity index (χ1) is 15.4. The topological polar surface area (TPSA) is 21.3 Å². The molecule has 0 aromatic heterocycles. The first kappa shape index (κ1) is 30.9. The Balaban J connectivity index is 2.26. The van der Waals surface area contributed by atoms with Gasteiger partial charge in [-0.15, -0.1) is 0 Å². The Morgan fingerprint density at radius 2 is 1.61 bits per heavy atom. The molecule has 196 valence electrons. The summed E-state index contributed by atoms with van der Waals surface area (Å²) in [5.74, 6) is 2.13. The maximum absolute atomic E-state index is 6.03. The number of aryl methyl sites for hydroxylation is 1. The molecule has 0 aliphatic carbocycles. The van der Waals surface area contributed by atoms with Gasteiger partial charge in [0.1, 0.15) is 0 Å². The summed E-state index contributed by atoms with van der Waals surface area (Å²) in [7, 11) is -1.23. The first-order valence-electron chi connectivity index (χ1n) is 13.2. The van der Waals surface area contributed by atoms with Gasteiger partial charge in [-0.05, 0) is 102 Å². The Hall–Kier alpha value is -0.160. The van der Waals surface area contributed by atoms with Gasteiger partial charge in [0, 0.05) is 19.3 Å². The summed E-state index contributed by atoms with van der Waals surface area (Å²) in [6.07, 6.45) is 16.0. The van der Waals surface area contributed by atoms with Crippen molar-refractivity contribution in [3.05, 3.63) is 29.8 Å². The summed E-state index contributed by atoms with van der Waals surface area (Å²) in [5, 5.41) is 5.11. The molecule has 33 heavy (non-hydrogen) atoms. The van der Waals surface area contributed by atoms with Gasteiger partial charge in [-0.2, -0.15) is 0 Å². The monoisotopic (exact) mass is 499 g/mol. The van der Waals surface area contributed by atoms with Gasteiger partial charge in [-0.1, -0.05) is 59.7 Å². The van der Waals surface area contributed by atoms with Gasteiger partial charge in [0.2, 0.25) is 0 Å². The van der Waals surface area contributed by atoms with Crippen LogP contribution in [0.25, 0.3) is 0 Å². The Bertz CT molecular complexity index is 657. The van der Waals surface area contributed by atoms with Crippen LogP contribution < -0.4 is 5.32 Å². The van der Waals surface area contributed by atoms with E-state index in [-0.39, 0.29) is 0 Å². The first-order valence-corrected chi connectivity index (χ1v) is 18.4. The largest absolute Gasteiger partial charge is 0.381 e. The number of nitrogens with one attached hydrogen (secondary N) is 1. The van der Waals surface area contributed by atoms with Gasteiger partial charge in [-0.25, -0.2) is 20.1 Å². The lowest BCUT2D eigenvalue weighted by atomic mass is 10.0. The van der Waals surface area contributed by atoms with E-state index >= 15 is 0 Å². The molecule has 0 aliphatic heterocycles. The van der Waals surface area contributed by atoms with E-state index in [4.69, 9.17) is 4.74 Å². The summed E-state index contributed by atoms with van der Waals surface area (Å²) in [4.78, 5) is 1.54. The van der Waals surface area contributed by atoms with E-state index in [2.05, 4.69) is 96.1 Å². The lowest BCUT2D eigenvalue weighted by Gasteiger charge is -2.39. The third kappa shape index (κ3) is 11.9. The third-order valence-corrected chi connectivity index (χ3v) is 15.0. The predicted octanol–water partition coefficient (Wildman–Crippen LogP) is 7.72. The van der Waals surface area contributed by atoms with Crippen molar-refractivity contribution in [1.29, 1.82) is 0 Å². The Morgan fingerprint density at radius 1 is 0.909 bits per heavy atom. The maximum atomic E-state index is 6.03. The van der Waals surface area contributed by atoms with E-state index < -0.39 is 20.1 Å². The lowest BCUT2D eigenvalue weighted by Crippen LogP contribution is -2.26. The van der Waals surface area contributed by atoms with E-state index in [1.165, 1.54) is 30.6 Å². The van der Waals surface area contributed by atoms with Crippen LogP contribution in [0.4, 0.5) is 0 Å². The second-order valence-corrected chi connectivity index (χ2v) is 20.2. The molecule has 0 fully saturated rings. The minimum atomic E-state index is -0.712. The van der Waals surface area contributed by atoms with Gasteiger partial charge in [0.05, 0.1) is 0 Å². The highest BCUT2D eigenvalue weighted by Crippen LogP contribution is 2.53. The molecule has 1 aromatic carbocycles. The van der Waals surface area contributed by atoms with Crippen LogP contribution in [0.3, 0.4) is 0 Å². The van der Waals surface area contributed by atoms with Gasteiger partial charge >= 0.3 is 0 Å². The molecule has 1 N–H and O–H groups in total. The van der Waals surface area contributed by atoms with Crippen molar-refractivity contribution in [1.82, 2.24) is 5.32 Å². The summed E-state index contributed by atoms with van der Waals surface area (Å²) in [6.45, 7) is 17.0. The molecule has 1 rings (SSSR count). The van der Waals surface area contributed by atoms with Crippen molar-refractivity contribution in [3.8, 4) is 0 Å². The summed E-state index contributed by atoms with van der Waals surface area (Å²) < 4.78 is 6.03. The summed E-state index contributed by atoms with van der Waals surface area (Å²) in [6, 6.07) is 9.90. The zero-order chi connectivity index (χ0) is 25.1. The van der Waals surface area contributed by atoms with E-state index in [1.54, 1.807) is 4.90 Å². The Labute approximate surface area is 211 Å². The van der Waals surface area contributed by atoms with Crippen molar-refractivity contribution < 1.29 is 4.74 Å². The molecule has 1 aromatic rings. The number of rotatable bonds is 17. The van der Waals surface area contributed by atoms with Gasteiger partial charge in [0.15, 0.2) is 0 Å². The predicted molar refractivity (Wildman–Crippen MR) is 158 cm³/mol. The average molecular weight is 500 g/mol. The molecule has 2 atom stereocenters. The van der Waals surface area contributed by atoms with Crippen molar-refractivity contribution in [2.45, 2.75) is 95.1 Å². The Kier molecular flexibility index (Phi) is 14.1. The molecule has 0 aliphatic rings. The molecular weight excluding hydrogens is 442 g/mol. The average Bonchev–Trinajstić information content (AvgIpc) is 2.73. The van der Waals surface area contributed by atoms with Gasteiger partial charge < -0.3 is 10.1 Å². The molecule has 0 spiro atoms. The highest BCUT2D eigenvalue weighted by Gasteiger charge is 2.22. The molecular formula is C29H57NOS2. The molecule has 0 bridgehead atoms. The number of benzene rings is 1. The van der Waals surface area contributed by atoms with E-state index in [0.717, 1.165) is 49.0 Å². The van der Waals surface area contributed by atoms with Crippen molar-refractivity contribution in [2.24, 2.45) is 5.92 Å². The molecule has 0 saturated carbocycles. The molecule has 2 nitrogen and oxygen atoms in total. The minimum Gasteiger partial charge on any atom is -0.381 e. The number of ether oxygens (including phenoxy) is 1. The Morgan fingerprint density at radius 3 is 2.24 bits per heavy atom. The fraction of sp³-hybridized carbons (Fsp3) is 0.793. The maximum Gasteiger partial charge on any atom is 0.0469 e. The fourth-order valence-electron chi connectivity index (χ4n) is 4.05. The second-order valence-electron chi connectivity index (χ2n) is 11.5. The molecule has 0 heterocycles. The molecule has 4 heteroatoms. The smallest absolute Gasteiger partial charge is 0.0469 e. The number of hydrogen-bond donors (Lipinski definition) is 1. The van der Waals surface area contributed by atoms with Crippen LogP contribution in [0.2, 0.25) is 0 Å². The quantitative estimate of drug-likeness (QED) is 0.221. The normalized spacial score (nSPS) is 15.8. The SMILES string of the molecule is CC(CCOCCCc1cccc(S(C)(C)C(C)C)c1)CC(C)S(C)(C)CCCNC(C)C. The summed E-state index contributed by atoms with van der Waals surface area (Å²) >= 11 is 0. The van der Waals surface area contributed by atoms with Crippen molar-refractivity contribution in [2.75, 3.05) is 50.5 Å². The van der Waals surface area contributed by atoms with E-state index in [0.29, 0.717) is 6.04 Å². The molecule has 0 saturated heterocycles. The van der Waals surface area contributed by atoms with E-state index in [9.17, 15) is 0 Å².